The van der Waals surface area contributed by atoms with E-state index < -0.39 is 6.36 Å². The highest BCUT2D eigenvalue weighted by Crippen LogP contribution is 2.48. The first kappa shape index (κ1) is 77.8. The molecule has 3 atom stereocenters. The van der Waals surface area contributed by atoms with E-state index >= 15 is 0 Å². The number of benzene rings is 5. The van der Waals surface area contributed by atoms with Crippen LogP contribution in [0.2, 0.25) is 0 Å². The van der Waals surface area contributed by atoms with Crippen LogP contribution in [0.4, 0.5) is 40.3 Å². The SMILES string of the molecule is CC(F)Oc1ccc(-c2ccc(N)c(CC(=O)N3Cc4nccnc4C3)n2)cc1.Cc1cnc(C(=O)Cc2nc(-c3ccc(F)cc3)ccc2N)s1.Nc1ccc(-c2ccc(F)cc2)nc1CC(=O)N1CC2(CCOCC2)C1.Nc1ccc(-c2ccc(F)cc2)nc1CC(=O)N1CCN(C(=O)C2C[C@H]2c2ccccc2)CC1. The second-order valence-electron chi connectivity index (χ2n) is 28.2. The minimum atomic E-state index is -1.38. The summed E-state index contributed by atoms with van der Waals surface area (Å²) < 4.78 is 62.7. The largest absolute Gasteiger partial charge is 0.461 e. The number of carbonyl (C=O) groups excluding carboxylic acids is 5. The third-order valence-corrected chi connectivity index (χ3v) is 21.1. The molecular formula is C85H83F4N15O7S. The number of aromatic nitrogens is 7. The number of thiazole rings is 1. The number of ether oxygens (including phenoxy) is 2. The monoisotopic (exact) mass is 1530 g/mol. The van der Waals surface area contributed by atoms with Crippen LogP contribution in [0.3, 0.4) is 0 Å². The van der Waals surface area contributed by atoms with E-state index in [4.69, 9.17) is 32.4 Å². The molecule has 0 bridgehead atoms. The first-order chi connectivity index (χ1) is 54.1. The summed E-state index contributed by atoms with van der Waals surface area (Å²) in [6.45, 7) is 9.37. The molecule has 2 unspecified atom stereocenters. The highest BCUT2D eigenvalue weighted by atomic mass is 32.1. The van der Waals surface area contributed by atoms with Crippen LogP contribution >= 0.6 is 11.3 Å². The van der Waals surface area contributed by atoms with Gasteiger partial charge in [0.15, 0.2) is 10.8 Å². The number of likely N-dealkylation sites (tertiary alicyclic amines) is 1. The lowest BCUT2D eigenvalue weighted by Crippen LogP contribution is -2.60. The fourth-order valence-corrected chi connectivity index (χ4v) is 14.5. The molecule has 22 nitrogen and oxygen atoms in total. The molecule has 112 heavy (non-hydrogen) atoms. The van der Waals surface area contributed by atoms with Crippen molar-refractivity contribution in [2.24, 2.45) is 11.3 Å². The van der Waals surface area contributed by atoms with Gasteiger partial charge in [-0.05, 0) is 183 Å². The van der Waals surface area contributed by atoms with Crippen molar-refractivity contribution in [2.45, 2.75) is 84.2 Å². The predicted molar refractivity (Wildman–Crippen MR) is 419 cm³/mol. The summed E-state index contributed by atoms with van der Waals surface area (Å²) in [7, 11) is 0. The topological polar surface area (TPSA) is 311 Å². The number of Topliss-reactive ketones (excluding diaryl/α,β-unsaturated/α-hetero) is 1. The zero-order valence-corrected chi connectivity index (χ0v) is 62.6. The Kier molecular flexibility index (Phi) is 24.4. The van der Waals surface area contributed by atoms with Gasteiger partial charge in [0.05, 0.1) is 118 Å². The summed E-state index contributed by atoms with van der Waals surface area (Å²) in [5, 5.41) is 0.455. The number of nitrogens with two attached hydrogens (primary N) is 4. The van der Waals surface area contributed by atoms with Gasteiger partial charge >= 0.3 is 0 Å². The summed E-state index contributed by atoms with van der Waals surface area (Å²) in [4.78, 5) is 102. The lowest BCUT2D eigenvalue weighted by Gasteiger charge is -2.52. The molecule has 4 aliphatic heterocycles. The number of pyridine rings is 4. The van der Waals surface area contributed by atoms with E-state index in [1.165, 1.54) is 60.2 Å². The van der Waals surface area contributed by atoms with Crippen LogP contribution in [-0.4, -0.2) is 143 Å². The number of anilines is 4. The Morgan fingerprint density at radius 3 is 1.33 bits per heavy atom. The number of hydrogen-bond donors (Lipinski definition) is 4. The number of ketones is 1. The number of alkyl halides is 1. The molecule has 4 amide bonds. The number of amides is 4. The number of fused-ring (bicyclic) bond motifs is 1. The van der Waals surface area contributed by atoms with Gasteiger partial charge < -0.3 is 52.0 Å². The van der Waals surface area contributed by atoms with Gasteiger partial charge in [-0.3, -0.25) is 53.9 Å². The second-order valence-corrected chi connectivity index (χ2v) is 29.4. The Morgan fingerprint density at radius 2 is 0.911 bits per heavy atom. The number of hydrogen-bond acceptors (Lipinski definition) is 19. The first-order valence-electron chi connectivity index (χ1n) is 36.8. The number of halogens is 4. The lowest BCUT2D eigenvalue weighted by atomic mass is 9.73. The van der Waals surface area contributed by atoms with Crippen molar-refractivity contribution in [3.8, 4) is 50.8 Å². The number of nitrogen functional groups attached to an aromatic ring is 4. The van der Waals surface area contributed by atoms with Crippen molar-refractivity contribution in [2.75, 3.05) is 75.4 Å². The Labute approximate surface area is 648 Å². The van der Waals surface area contributed by atoms with Crippen LogP contribution in [0.1, 0.15) is 86.5 Å². The van der Waals surface area contributed by atoms with Gasteiger partial charge in [-0.25, -0.2) is 22.5 Å². The van der Waals surface area contributed by atoms with E-state index in [1.54, 1.807) is 138 Å². The van der Waals surface area contributed by atoms with E-state index in [0.29, 0.717) is 124 Å². The minimum Gasteiger partial charge on any atom is -0.461 e. The predicted octanol–water partition coefficient (Wildman–Crippen LogP) is 12.7. The van der Waals surface area contributed by atoms with Crippen LogP contribution in [-0.2, 0) is 62.7 Å². The molecule has 6 aromatic heterocycles. The van der Waals surface area contributed by atoms with E-state index in [1.807, 2.05) is 34.9 Å². The highest BCUT2D eigenvalue weighted by Gasteiger charge is 2.47. The van der Waals surface area contributed by atoms with Gasteiger partial charge in [0.2, 0.25) is 30.0 Å². The molecule has 10 heterocycles. The van der Waals surface area contributed by atoms with Gasteiger partial charge in [-0.1, -0.05) is 30.3 Å². The summed E-state index contributed by atoms with van der Waals surface area (Å²) in [5.41, 5.74) is 37.0. The summed E-state index contributed by atoms with van der Waals surface area (Å²) in [6, 6.07) is 49.3. The Bertz CT molecular complexity index is 5150. The Hall–Kier alpha value is -12.4. The highest BCUT2D eigenvalue weighted by molar-refractivity contribution is 7.13. The molecule has 5 aromatic carbocycles. The maximum Gasteiger partial charge on any atom is 0.235 e. The molecule has 5 aliphatic rings. The summed E-state index contributed by atoms with van der Waals surface area (Å²) in [6.07, 6.45) is 6.95. The van der Waals surface area contributed by atoms with E-state index in [9.17, 15) is 41.5 Å². The lowest BCUT2D eigenvalue weighted by molar-refractivity contribution is -0.149. The maximum absolute atomic E-state index is 13.2. The average molecular weight is 1530 g/mol. The molecule has 11 aromatic rings. The molecule has 27 heteroatoms. The van der Waals surface area contributed by atoms with Crippen molar-refractivity contribution in [1.29, 1.82) is 0 Å². The molecule has 16 rings (SSSR count). The molecule has 0 radical (unpaired) electrons. The molecule has 8 N–H and O–H groups in total. The van der Waals surface area contributed by atoms with Gasteiger partial charge in [0.25, 0.3) is 0 Å². The fourth-order valence-electron chi connectivity index (χ4n) is 13.7. The molecular weight excluding hydrogens is 1450 g/mol. The van der Waals surface area contributed by atoms with Gasteiger partial charge in [-0.2, -0.15) is 0 Å². The zero-order chi connectivity index (χ0) is 78.6. The number of carbonyl (C=O) groups is 5. The smallest absolute Gasteiger partial charge is 0.235 e. The zero-order valence-electron chi connectivity index (χ0n) is 61.7. The van der Waals surface area contributed by atoms with Crippen molar-refractivity contribution in [1.82, 2.24) is 54.5 Å². The first-order valence-corrected chi connectivity index (χ1v) is 37.6. The molecule has 3 saturated heterocycles. The van der Waals surface area contributed by atoms with Crippen LogP contribution < -0.4 is 27.7 Å². The van der Waals surface area contributed by atoms with E-state index in [-0.39, 0.29) is 83.9 Å². The third kappa shape index (κ3) is 19.6. The van der Waals surface area contributed by atoms with Gasteiger partial charge in [0, 0.05) is 116 Å². The normalized spacial score (nSPS) is 16.1. The minimum absolute atomic E-state index is 0.0533. The van der Waals surface area contributed by atoms with E-state index in [2.05, 4.69) is 47.0 Å². The van der Waals surface area contributed by atoms with Crippen LogP contribution in [0.5, 0.6) is 5.75 Å². The van der Waals surface area contributed by atoms with Gasteiger partial charge in [0.1, 0.15) is 23.2 Å². The molecule has 1 aliphatic carbocycles. The standard InChI is InChI=1S/C27H27FN4O2.C21H20FN5O2.C20H22FN3O2.C17H14FN3OS/c28-20-8-6-19(7-9-20)24-11-10-23(29)25(30-24)17-26(33)31-12-14-32(15-13-31)27(34)22-16-21(22)18-4-2-1-3-5-18;1-13(22)29-15-4-2-14(3-5-15)17-7-6-16(23)18(26-17)10-21(28)27-11-19-20(12-27)25-9-8-24-19;21-15-3-1-14(2-4-15)17-6-5-16(22)18(23-17)11-19(25)24-12-20(13-24)7-9-26-10-8-20;1-10-9-20-17(23-10)16(22)8-15-13(19)6-7-14(21-15)11-2-4-12(18)5-3-11/h1-11,21-22H,12-17,29H2;2-9,13H,10-12,23H2,1H3;1-6H,7-13,22H2;2-7,9H,8,19H2,1H3/t21-,22?;;;/m0.../s1. The molecule has 1 saturated carbocycles. The Morgan fingerprint density at radius 1 is 0.509 bits per heavy atom. The van der Waals surface area contributed by atoms with Crippen molar-refractivity contribution >= 4 is 63.5 Å². The van der Waals surface area contributed by atoms with Crippen LogP contribution in [0.25, 0.3) is 45.0 Å². The third-order valence-electron chi connectivity index (χ3n) is 20.2. The number of rotatable bonds is 17. The summed E-state index contributed by atoms with van der Waals surface area (Å²) >= 11 is 1.35. The van der Waals surface area contributed by atoms with Crippen molar-refractivity contribution in [3.05, 3.63) is 262 Å². The quantitative estimate of drug-likeness (QED) is 0.0486. The maximum atomic E-state index is 13.2. The molecule has 4 fully saturated rings. The van der Waals surface area contributed by atoms with E-state index in [0.717, 1.165) is 84.1 Å². The van der Waals surface area contributed by atoms with Crippen molar-refractivity contribution < 1.29 is 51.0 Å². The number of piperazine rings is 1. The Balaban J connectivity index is 0.000000132. The second kappa shape index (κ2) is 35.1. The number of aryl methyl sites for hydroxylation is 1. The summed E-state index contributed by atoms with van der Waals surface area (Å²) in [5.74, 6) is -0.111. The van der Waals surface area contributed by atoms with Crippen LogP contribution in [0.15, 0.2) is 195 Å². The van der Waals surface area contributed by atoms with Gasteiger partial charge in [-0.15, -0.1) is 11.3 Å². The molecule has 574 valence electrons. The fraction of sp³-hybridized carbons (Fsp3) is 0.271. The van der Waals surface area contributed by atoms with Crippen LogP contribution in [0, 0.1) is 35.7 Å². The van der Waals surface area contributed by atoms with Crippen molar-refractivity contribution in [3.63, 3.8) is 0 Å². The number of nitrogens with zero attached hydrogens (tertiary/aromatic N) is 11. The average Bonchev–Trinajstić information content (AvgIpc) is 1.10. The molecule has 1 spiro atoms.